The van der Waals surface area contributed by atoms with Crippen LogP contribution in [0.1, 0.15) is 15.9 Å². The molecule has 1 aliphatic heterocycles. The van der Waals surface area contributed by atoms with Crippen molar-refractivity contribution in [3.05, 3.63) is 52.3 Å². The highest BCUT2D eigenvalue weighted by Crippen LogP contribution is 2.35. The fourth-order valence-electron chi connectivity index (χ4n) is 3.10. The molecule has 0 bridgehead atoms. The topological polar surface area (TPSA) is 99.2 Å². The average Bonchev–Trinajstić information content (AvgIpc) is 3.12. The maximum Gasteiger partial charge on any atom is 0.251 e. The van der Waals surface area contributed by atoms with E-state index in [-0.39, 0.29) is 18.2 Å². The number of amides is 2. The molecule has 30 heavy (non-hydrogen) atoms. The second kappa shape index (κ2) is 8.60. The molecule has 8 nitrogen and oxygen atoms in total. The smallest absolute Gasteiger partial charge is 0.251 e. The van der Waals surface area contributed by atoms with Gasteiger partial charge in [0.15, 0.2) is 0 Å². The zero-order chi connectivity index (χ0) is 21.1. The monoisotopic (exact) mass is 422 g/mol. The molecule has 0 radical (unpaired) electrons. The number of benzene rings is 1. The molecule has 0 atom stereocenters. The van der Waals surface area contributed by atoms with Gasteiger partial charge in [-0.05, 0) is 38.4 Å². The summed E-state index contributed by atoms with van der Waals surface area (Å²) in [4.78, 5) is 35.3. The van der Waals surface area contributed by atoms with Crippen molar-refractivity contribution in [2.24, 2.45) is 0 Å². The van der Waals surface area contributed by atoms with E-state index in [1.807, 2.05) is 41.9 Å². The van der Waals surface area contributed by atoms with Crippen LogP contribution in [0.5, 0.6) is 0 Å². The van der Waals surface area contributed by atoms with Gasteiger partial charge in [-0.1, -0.05) is 0 Å². The Hall–Kier alpha value is -3.30. The normalized spacial score (nSPS) is 12.6. The second-order valence-corrected chi connectivity index (χ2v) is 8.00. The first kappa shape index (κ1) is 20.0. The number of likely N-dealkylation sites (N-methyl/N-ethyl adjacent to an activating group) is 1. The van der Waals surface area contributed by atoms with Crippen molar-refractivity contribution in [3.63, 3.8) is 0 Å². The van der Waals surface area contributed by atoms with E-state index in [1.165, 1.54) is 11.3 Å². The molecular weight excluding hydrogens is 400 g/mol. The van der Waals surface area contributed by atoms with Crippen molar-refractivity contribution in [2.75, 3.05) is 37.8 Å². The minimum Gasteiger partial charge on any atom is -0.351 e. The number of hydrogen-bond acceptors (Lipinski definition) is 7. The number of nitrogens with one attached hydrogen (secondary N) is 3. The molecule has 3 aromatic rings. The van der Waals surface area contributed by atoms with Gasteiger partial charge in [0.2, 0.25) is 11.9 Å². The number of thiophene rings is 1. The summed E-state index contributed by atoms with van der Waals surface area (Å²) < 4.78 is 0. The van der Waals surface area contributed by atoms with E-state index < -0.39 is 0 Å². The van der Waals surface area contributed by atoms with Crippen LogP contribution < -0.4 is 16.0 Å². The summed E-state index contributed by atoms with van der Waals surface area (Å²) in [5, 5.41) is 12.8. The molecule has 0 saturated carbocycles. The molecular formula is C21H22N6O2S. The van der Waals surface area contributed by atoms with Crippen molar-refractivity contribution in [2.45, 2.75) is 6.42 Å². The number of aromatic nitrogens is 2. The zero-order valence-corrected chi connectivity index (χ0v) is 17.5. The molecule has 0 aliphatic carbocycles. The third kappa shape index (κ3) is 4.47. The van der Waals surface area contributed by atoms with Gasteiger partial charge in [0.1, 0.15) is 0 Å². The number of rotatable bonds is 6. The van der Waals surface area contributed by atoms with Crippen LogP contribution in [0.15, 0.2) is 41.2 Å². The molecule has 0 fully saturated rings. The van der Waals surface area contributed by atoms with E-state index in [2.05, 4.69) is 25.9 Å². The lowest BCUT2D eigenvalue weighted by Crippen LogP contribution is -2.31. The van der Waals surface area contributed by atoms with E-state index in [0.29, 0.717) is 18.1 Å². The van der Waals surface area contributed by atoms with Crippen LogP contribution in [0.25, 0.3) is 11.3 Å². The quantitative estimate of drug-likeness (QED) is 0.565. The van der Waals surface area contributed by atoms with Crippen LogP contribution in [-0.2, 0) is 11.2 Å². The van der Waals surface area contributed by atoms with Gasteiger partial charge in [-0.2, -0.15) is 0 Å². The predicted octanol–water partition coefficient (Wildman–Crippen LogP) is 2.73. The molecule has 0 spiro atoms. The molecule has 2 aromatic heterocycles. The average molecular weight is 423 g/mol. The van der Waals surface area contributed by atoms with E-state index in [9.17, 15) is 9.59 Å². The number of carbonyl (C=O) groups excluding carboxylic acids is 2. The van der Waals surface area contributed by atoms with Crippen molar-refractivity contribution >= 4 is 40.5 Å². The second-order valence-electron chi connectivity index (χ2n) is 7.25. The Morgan fingerprint density at radius 2 is 2.03 bits per heavy atom. The Labute approximate surface area is 178 Å². The van der Waals surface area contributed by atoms with Crippen LogP contribution in [-0.4, -0.2) is 53.9 Å². The first-order valence-electron chi connectivity index (χ1n) is 9.52. The van der Waals surface area contributed by atoms with Crippen LogP contribution in [0.4, 0.5) is 17.3 Å². The van der Waals surface area contributed by atoms with Crippen molar-refractivity contribution in [1.29, 1.82) is 0 Å². The third-order valence-corrected chi connectivity index (χ3v) is 5.40. The highest BCUT2D eigenvalue weighted by Gasteiger charge is 2.21. The molecule has 3 heterocycles. The van der Waals surface area contributed by atoms with Gasteiger partial charge in [-0.25, -0.2) is 9.97 Å². The molecule has 1 aromatic carbocycles. The lowest BCUT2D eigenvalue weighted by Gasteiger charge is -2.11. The van der Waals surface area contributed by atoms with E-state index in [0.717, 1.165) is 34.7 Å². The summed E-state index contributed by atoms with van der Waals surface area (Å²) in [6.07, 6.45) is 1.93. The van der Waals surface area contributed by atoms with E-state index in [1.54, 1.807) is 18.3 Å². The Morgan fingerprint density at radius 1 is 1.23 bits per heavy atom. The first-order valence-corrected chi connectivity index (χ1v) is 10.5. The molecule has 154 valence electrons. The highest BCUT2D eigenvalue weighted by molar-refractivity contribution is 7.08. The number of nitrogens with zero attached hydrogens (tertiary/aromatic N) is 3. The minimum absolute atomic E-state index is 0.0721. The van der Waals surface area contributed by atoms with Gasteiger partial charge in [0, 0.05) is 52.4 Å². The highest BCUT2D eigenvalue weighted by atomic mass is 32.1. The number of fused-ring (bicyclic) bond motifs is 3. The van der Waals surface area contributed by atoms with Crippen molar-refractivity contribution in [3.8, 4) is 11.3 Å². The summed E-state index contributed by atoms with van der Waals surface area (Å²) in [7, 11) is 3.93. The summed E-state index contributed by atoms with van der Waals surface area (Å²) in [6, 6.07) is 7.15. The molecule has 4 rings (SSSR count). The van der Waals surface area contributed by atoms with Gasteiger partial charge in [-0.15, -0.1) is 11.3 Å². The van der Waals surface area contributed by atoms with Gasteiger partial charge >= 0.3 is 0 Å². The lowest BCUT2D eigenvalue weighted by molar-refractivity contribution is -0.115. The Bertz CT molecular complexity index is 1080. The largest absolute Gasteiger partial charge is 0.351 e. The van der Waals surface area contributed by atoms with Gasteiger partial charge in [0.05, 0.1) is 17.8 Å². The van der Waals surface area contributed by atoms with Crippen LogP contribution in [0, 0.1) is 0 Å². The molecule has 0 saturated heterocycles. The van der Waals surface area contributed by atoms with Gasteiger partial charge < -0.3 is 20.9 Å². The fraction of sp³-hybridized carbons (Fsp3) is 0.238. The fourth-order valence-corrected chi connectivity index (χ4v) is 3.87. The standard InChI is InChI=1S/C21H22N6O2S/c1-27(2)8-7-22-20(29)13-3-5-15(6-4-13)24-21-23-10-14-9-18(28)25-17-12-30-11-16(17)19(14)26-21/h3-6,10-12H,7-9H2,1-2H3,(H,22,29)(H,25,28)(H,23,24,26). The summed E-state index contributed by atoms with van der Waals surface area (Å²) >= 11 is 1.52. The van der Waals surface area contributed by atoms with Gasteiger partial charge in [0.25, 0.3) is 5.91 Å². The number of hydrogen-bond donors (Lipinski definition) is 3. The predicted molar refractivity (Wildman–Crippen MR) is 118 cm³/mol. The molecule has 9 heteroatoms. The molecule has 1 aliphatic rings. The van der Waals surface area contributed by atoms with Crippen molar-refractivity contribution < 1.29 is 9.59 Å². The number of carbonyl (C=O) groups is 2. The molecule has 2 amide bonds. The SMILES string of the molecule is CN(C)CCNC(=O)c1ccc(Nc2ncc3c(n2)-c2cscc2NC(=O)C3)cc1. The molecule has 3 N–H and O–H groups in total. The van der Waals surface area contributed by atoms with E-state index >= 15 is 0 Å². The Balaban J connectivity index is 1.48. The van der Waals surface area contributed by atoms with Crippen molar-refractivity contribution in [1.82, 2.24) is 20.2 Å². The minimum atomic E-state index is -0.105. The lowest BCUT2D eigenvalue weighted by atomic mass is 10.1. The Kier molecular flexibility index (Phi) is 5.73. The summed E-state index contributed by atoms with van der Waals surface area (Å²) in [5.41, 5.74) is 4.58. The van der Waals surface area contributed by atoms with Gasteiger partial charge in [-0.3, -0.25) is 9.59 Å². The first-order chi connectivity index (χ1) is 14.5. The number of anilines is 3. The van der Waals surface area contributed by atoms with Crippen LogP contribution in [0.3, 0.4) is 0 Å². The van der Waals surface area contributed by atoms with Crippen LogP contribution >= 0.6 is 11.3 Å². The Morgan fingerprint density at radius 3 is 2.80 bits per heavy atom. The van der Waals surface area contributed by atoms with Crippen LogP contribution in [0.2, 0.25) is 0 Å². The molecule has 0 unspecified atom stereocenters. The summed E-state index contributed by atoms with van der Waals surface area (Å²) in [6.45, 7) is 1.38. The zero-order valence-electron chi connectivity index (χ0n) is 16.7. The maximum atomic E-state index is 12.2. The summed E-state index contributed by atoms with van der Waals surface area (Å²) in [5.74, 6) is 0.257. The third-order valence-electron chi connectivity index (χ3n) is 4.65. The van der Waals surface area contributed by atoms with E-state index in [4.69, 9.17) is 0 Å². The maximum absolute atomic E-state index is 12.2.